The van der Waals surface area contributed by atoms with E-state index < -0.39 is 11.9 Å². The molecule has 4 nitrogen and oxygen atoms in total. The van der Waals surface area contributed by atoms with Crippen LogP contribution in [0.2, 0.25) is 15.1 Å². The quantitative estimate of drug-likeness (QED) is 0.348. The molecule has 0 saturated carbocycles. The molecule has 0 spiro atoms. The van der Waals surface area contributed by atoms with Crippen LogP contribution in [-0.4, -0.2) is 34.6 Å². The van der Waals surface area contributed by atoms with Gasteiger partial charge in [-0.2, -0.15) is 0 Å². The number of amides is 2. The van der Waals surface area contributed by atoms with Gasteiger partial charge in [-0.1, -0.05) is 60.8 Å². The van der Waals surface area contributed by atoms with Crippen molar-refractivity contribution in [2.24, 2.45) is 0 Å². The molecular weight excluding hydrogens is 506 g/mol. The van der Waals surface area contributed by atoms with E-state index in [0.717, 1.165) is 6.42 Å². The van der Waals surface area contributed by atoms with Crippen molar-refractivity contribution in [3.8, 4) is 0 Å². The second kappa shape index (κ2) is 13.4. The number of hydrogen-bond acceptors (Lipinski definition) is 3. The van der Waals surface area contributed by atoms with Gasteiger partial charge in [0.15, 0.2) is 0 Å². The van der Waals surface area contributed by atoms with Gasteiger partial charge >= 0.3 is 0 Å². The summed E-state index contributed by atoms with van der Waals surface area (Å²) >= 11 is 20.0. The average Bonchev–Trinajstić information content (AvgIpc) is 2.77. The predicted octanol–water partition coefficient (Wildman–Crippen LogP) is 6.74. The van der Waals surface area contributed by atoms with Crippen molar-refractivity contribution in [2.75, 3.05) is 5.75 Å². The number of carbonyl (C=O) groups excluding carboxylic acids is 2. The smallest absolute Gasteiger partial charge is 0.243 e. The van der Waals surface area contributed by atoms with Gasteiger partial charge in [-0.25, -0.2) is 4.39 Å². The molecule has 0 aliphatic heterocycles. The van der Waals surface area contributed by atoms with E-state index in [0.29, 0.717) is 32.6 Å². The van der Waals surface area contributed by atoms with E-state index >= 15 is 0 Å². The van der Waals surface area contributed by atoms with Crippen molar-refractivity contribution >= 4 is 58.4 Å². The van der Waals surface area contributed by atoms with Crippen molar-refractivity contribution in [1.29, 1.82) is 0 Å². The van der Waals surface area contributed by atoms with Crippen molar-refractivity contribution in [3.05, 3.63) is 68.4 Å². The highest BCUT2D eigenvalue weighted by molar-refractivity contribution is 7.99. The third-order valence-electron chi connectivity index (χ3n) is 5.31. The molecule has 33 heavy (non-hydrogen) atoms. The molecule has 0 aliphatic rings. The van der Waals surface area contributed by atoms with Gasteiger partial charge in [0.2, 0.25) is 11.8 Å². The third kappa shape index (κ3) is 7.78. The summed E-state index contributed by atoms with van der Waals surface area (Å²) in [5, 5.41) is 4.11. The first kappa shape index (κ1) is 27.8. The number of nitrogens with zero attached hydrogens (tertiary/aromatic N) is 1. The maximum Gasteiger partial charge on any atom is 0.243 e. The standard InChI is InChI=1S/C24H28Cl3FN2O2S/c1-4-15(3)29-24(32)22(5-2)30(12-16-18(25)8-6-9-19(16)26)23(31)14-33-13-17-20(27)10-7-11-21(17)28/h6-11,15,22H,4-5,12-14H2,1-3H3,(H,29,32). The number of benzene rings is 2. The van der Waals surface area contributed by atoms with Gasteiger partial charge in [0, 0.05) is 44.5 Å². The molecule has 0 bridgehead atoms. The molecule has 1 N–H and O–H groups in total. The normalized spacial score (nSPS) is 12.8. The Bertz CT molecular complexity index is 936. The summed E-state index contributed by atoms with van der Waals surface area (Å²) in [5.74, 6) is -0.644. The maximum atomic E-state index is 14.1. The van der Waals surface area contributed by atoms with E-state index in [4.69, 9.17) is 34.8 Å². The van der Waals surface area contributed by atoms with Crippen LogP contribution in [0.3, 0.4) is 0 Å². The molecule has 0 saturated heterocycles. The molecule has 2 aromatic carbocycles. The van der Waals surface area contributed by atoms with Crippen molar-refractivity contribution in [1.82, 2.24) is 10.2 Å². The Morgan fingerprint density at radius 3 is 2.12 bits per heavy atom. The van der Waals surface area contributed by atoms with Gasteiger partial charge in [0.05, 0.1) is 5.75 Å². The molecule has 2 unspecified atom stereocenters. The first-order valence-electron chi connectivity index (χ1n) is 10.7. The van der Waals surface area contributed by atoms with Gasteiger partial charge in [-0.05, 0) is 44.0 Å². The number of carbonyl (C=O) groups is 2. The monoisotopic (exact) mass is 532 g/mol. The molecule has 0 fully saturated rings. The van der Waals surface area contributed by atoms with Crippen molar-refractivity contribution < 1.29 is 14.0 Å². The van der Waals surface area contributed by atoms with Crippen LogP contribution in [-0.2, 0) is 21.9 Å². The highest BCUT2D eigenvalue weighted by Crippen LogP contribution is 2.28. The fourth-order valence-corrected chi connectivity index (χ4v) is 4.97. The van der Waals surface area contributed by atoms with E-state index in [1.54, 1.807) is 24.3 Å². The molecule has 2 rings (SSSR count). The largest absolute Gasteiger partial charge is 0.352 e. The van der Waals surface area contributed by atoms with Crippen molar-refractivity contribution in [2.45, 2.75) is 58.0 Å². The lowest BCUT2D eigenvalue weighted by molar-refractivity contribution is -0.139. The van der Waals surface area contributed by atoms with Gasteiger partial charge in [0.1, 0.15) is 11.9 Å². The molecule has 0 aliphatic carbocycles. The maximum absolute atomic E-state index is 14.1. The predicted molar refractivity (Wildman–Crippen MR) is 137 cm³/mol. The second-order valence-electron chi connectivity index (χ2n) is 7.66. The Labute approximate surface area is 214 Å². The number of nitrogens with one attached hydrogen (secondary N) is 1. The number of hydrogen-bond donors (Lipinski definition) is 1. The summed E-state index contributed by atoms with van der Waals surface area (Å²) in [6.45, 7) is 5.82. The first-order valence-corrected chi connectivity index (χ1v) is 13.0. The van der Waals surface area contributed by atoms with E-state index in [1.165, 1.54) is 28.8 Å². The Hall–Kier alpha value is -1.47. The Morgan fingerprint density at radius 1 is 1.00 bits per heavy atom. The third-order valence-corrected chi connectivity index (χ3v) is 7.32. The average molecular weight is 534 g/mol. The van der Waals surface area contributed by atoms with Crippen molar-refractivity contribution in [3.63, 3.8) is 0 Å². The van der Waals surface area contributed by atoms with E-state index in [2.05, 4.69) is 5.32 Å². The number of halogens is 4. The molecule has 2 atom stereocenters. The topological polar surface area (TPSA) is 49.4 Å². The lowest BCUT2D eigenvalue weighted by Gasteiger charge is -2.32. The van der Waals surface area contributed by atoms with Crippen LogP contribution in [0.15, 0.2) is 36.4 Å². The van der Waals surface area contributed by atoms with E-state index in [-0.39, 0.29) is 35.9 Å². The van der Waals surface area contributed by atoms with Gasteiger partial charge in [-0.15, -0.1) is 11.8 Å². The van der Waals surface area contributed by atoms with Crippen LogP contribution < -0.4 is 5.32 Å². The van der Waals surface area contributed by atoms with Crippen LogP contribution in [0.4, 0.5) is 4.39 Å². The molecule has 180 valence electrons. The Morgan fingerprint density at radius 2 is 1.58 bits per heavy atom. The first-order chi connectivity index (χ1) is 15.7. The number of rotatable bonds is 11. The molecule has 0 radical (unpaired) electrons. The van der Waals surface area contributed by atoms with Gasteiger partial charge < -0.3 is 10.2 Å². The Kier molecular flexibility index (Phi) is 11.3. The highest BCUT2D eigenvalue weighted by atomic mass is 35.5. The molecular formula is C24H28Cl3FN2O2S. The van der Waals surface area contributed by atoms with Crippen LogP contribution in [0.25, 0.3) is 0 Å². The van der Waals surface area contributed by atoms with Gasteiger partial charge in [0.25, 0.3) is 0 Å². The summed E-state index contributed by atoms with van der Waals surface area (Å²) in [7, 11) is 0. The molecule has 2 aromatic rings. The zero-order valence-corrected chi connectivity index (χ0v) is 21.9. The van der Waals surface area contributed by atoms with E-state index in [1.807, 2.05) is 20.8 Å². The summed E-state index contributed by atoms with van der Waals surface area (Å²) in [5.41, 5.74) is 0.922. The summed E-state index contributed by atoms with van der Waals surface area (Å²) in [6, 6.07) is 8.87. The molecule has 2 amide bonds. The van der Waals surface area contributed by atoms with Gasteiger partial charge in [-0.3, -0.25) is 9.59 Å². The van der Waals surface area contributed by atoms with Crippen LogP contribution in [0.5, 0.6) is 0 Å². The highest BCUT2D eigenvalue weighted by Gasteiger charge is 2.30. The summed E-state index contributed by atoms with van der Waals surface area (Å²) in [6.07, 6.45) is 1.19. The Balaban J connectivity index is 2.24. The number of thioether (sulfide) groups is 1. The molecule has 0 heterocycles. The fraction of sp³-hybridized carbons (Fsp3) is 0.417. The zero-order chi connectivity index (χ0) is 24.5. The fourth-order valence-electron chi connectivity index (χ4n) is 3.21. The SMILES string of the molecule is CCC(C)NC(=O)C(CC)N(Cc1c(Cl)cccc1Cl)C(=O)CSCc1c(F)cccc1Cl. The summed E-state index contributed by atoms with van der Waals surface area (Å²) < 4.78 is 14.1. The second-order valence-corrected chi connectivity index (χ2v) is 9.86. The zero-order valence-electron chi connectivity index (χ0n) is 18.8. The van der Waals surface area contributed by atoms with Crippen LogP contribution in [0.1, 0.15) is 44.7 Å². The lowest BCUT2D eigenvalue weighted by atomic mass is 10.1. The minimum atomic E-state index is -0.698. The lowest BCUT2D eigenvalue weighted by Crippen LogP contribution is -2.51. The minimum absolute atomic E-state index is 0.0232. The minimum Gasteiger partial charge on any atom is -0.352 e. The molecule has 9 heteroatoms. The van der Waals surface area contributed by atoms with Crippen LogP contribution >= 0.6 is 46.6 Å². The van der Waals surface area contributed by atoms with E-state index in [9.17, 15) is 14.0 Å². The molecule has 0 aromatic heterocycles. The van der Waals surface area contributed by atoms with Crippen LogP contribution in [0, 0.1) is 5.82 Å². The summed E-state index contributed by atoms with van der Waals surface area (Å²) in [4.78, 5) is 27.8.